The molecule has 1 heterocycles. The number of oxazole rings is 1. The fourth-order valence-corrected chi connectivity index (χ4v) is 1.65. The topological polar surface area (TPSA) is 101 Å². The number of anilines is 1. The van der Waals surface area contributed by atoms with Gasteiger partial charge in [-0.2, -0.15) is 0 Å². The average molecular weight is 249 g/mol. The molecule has 0 radical (unpaired) electrons. The molecule has 2 aromatic rings. The van der Waals surface area contributed by atoms with E-state index in [2.05, 4.69) is 10.3 Å². The minimum atomic E-state index is -0.988. The molecule has 0 amide bonds. The molecule has 0 bridgehead atoms. The Morgan fingerprint density at radius 3 is 3.11 bits per heavy atom. The van der Waals surface area contributed by atoms with E-state index in [1.807, 2.05) is 18.2 Å². The summed E-state index contributed by atoms with van der Waals surface area (Å²) in [5.74, 6) is -0.367. The lowest BCUT2D eigenvalue weighted by Crippen LogP contribution is -2.32. The van der Waals surface area contributed by atoms with Crippen LogP contribution in [0.15, 0.2) is 22.6 Å². The molecule has 0 spiro atoms. The number of aryl methyl sites for hydroxylation is 1. The summed E-state index contributed by atoms with van der Waals surface area (Å²) >= 11 is 0. The highest BCUT2D eigenvalue weighted by molar-refractivity contribution is 5.77. The number of fused-ring (bicyclic) bond motifs is 1. The van der Waals surface area contributed by atoms with Crippen molar-refractivity contribution in [1.82, 2.24) is 4.98 Å². The quantitative estimate of drug-likeness (QED) is 0.739. The predicted octanol–water partition coefficient (Wildman–Crippen LogP) is 1.35. The molecule has 0 fully saturated rings. The standard InChI is InChI=1S/C12H15N3O3/c1-7-15-10-3-2-8(6-11(10)18-7)14-5-4-9(13)12(16)17/h2-3,6,9,14H,4-5,13H2,1H3,(H,16,17). The summed E-state index contributed by atoms with van der Waals surface area (Å²) in [6, 6.07) is 4.72. The lowest BCUT2D eigenvalue weighted by Gasteiger charge is -2.08. The van der Waals surface area contributed by atoms with Crippen LogP contribution in [0.2, 0.25) is 0 Å². The maximum atomic E-state index is 10.5. The van der Waals surface area contributed by atoms with Gasteiger partial charge in [-0.25, -0.2) is 4.98 Å². The highest BCUT2D eigenvalue weighted by Gasteiger charge is 2.10. The number of carbonyl (C=O) groups is 1. The third kappa shape index (κ3) is 2.78. The van der Waals surface area contributed by atoms with Crippen LogP contribution in [0.1, 0.15) is 12.3 Å². The Bertz CT molecular complexity index is 565. The smallest absolute Gasteiger partial charge is 0.320 e. The fraction of sp³-hybridized carbons (Fsp3) is 0.333. The number of nitrogens with two attached hydrogens (primary N) is 1. The number of benzene rings is 1. The second kappa shape index (κ2) is 5.05. The van der Waals surface area contributed by atoms with Gasteiger partial charge in [0.2, 0.25) is 0 Å². The fourth-order valence-electron chi connectivity index (χ4n) is 1.65. The molecule has 1 aromatic heterocycles. The van der Waals surface area contributed by atoms with Crippen LogP contribution in [-0.2, 0) is 4.79 Å². The molecule has 0 saturated heterocycles. The van der Waals surface area contributed by atoms with Crippen LogP contribution in [0.4, 0.5) is 5.69 Å². The van der Waals surface area contributed by atoms with Crippen LogP contribution >= 0.6 is 0 Å². The number of hydrogen-bond donors (Lipinski definition) is 3. The lowest BCUT2D eigenvalue weighted by atomic mass is 10.2. The van der Waals surface area contributed by atoms with Gasteiger partial charge in [0.05, 0.1) is 0 Å². The Hall–Kier alpha value is -2.08. The van der Waals surface area contributed by atoms with Gasteiger partial charge < -0.3 is 20.6 Å². The first-order chi connectivity index (χ1) is 8.56. The van der Waals surface area contributed by atoms with Gasteiger partial charge in [0.1, 0.15) is 11.6 Å². The van der Waals surface area contributed by atoms with E-state index in [9.17, 15) is 4.79 Å². The van der Waals surface area contributed by atoms with Crippen molar-refractivity contribution in [3.63, 3.8) is 0 Å². The second-order valence-corrected chi connectivity index (χ2v) is 4.08. The summed E-state index contributed by atoms with van der Waals surface area (Å²) in [7, 11) is 0. The maximum absolute atomic E-state index is 10.5. The van der Waals surface area contributed by atoms with Gasteiger partial charge in [-0.05, 0) is 18.6 Å². The SMILES string of the molecule is Cc1nc2ccc(NCCC(N)C(=O)O)cc2o1. The molecule has 2 rings (SSSR count). The van der Waals surface area contributed by atoms with Crippen LogP contribution in [-0.4, -0.2) is 28.6 Å². The monoisotopic (exact) mass is 249 g/mol. The number of carboxylic acids is 1. The number of aromatic nitrogens is 1. The van der Waals surface area contributed by atoms with E-state index in [-0.39, 0.29) is 0 Å². The van der Waals surface area contributed by atoms with E-state index in [0.29, 0.717) is 24.4 Å². The predicted molar refractivity (Wildman–Crippen MR) is 67.5 cm³/mol. The molecule has 96 valence electrons. The van der Waals surface area contributed by atoms with E-state index in [4.69, 9.17) is 15.3 Å². The van der Waals surface area contributed by atoms with Gasteiger partial charge in [-0.3, -0.25) is 4.79 Å². The van der Waals surface area contributed by atoms with Crippen molar-refractivity contribution in [3.8, 4) is 0 Å². The van der Waals surface area contributed by atoms with E-state index in [1.165, 1.54) is 0 Å². The zero-order valence-corrected chi connectivity index (χ0v) is 10.0. The molecule has 1 aromatic carbocycles. The first-order valence-corrected chi connectivity index (χ1v) is 5.66. The van der Waals surface area contributed by atoms with Crippen molar-refractivity contribution >= 4 is 22.8 Å². The highest BCUT2D eigenvalue weighted by atomic mass is 16.4. The summed E-state index contributed by atoms with van der Waals surface area (Å²) in [4.78, 5) is 14.7. The number of nitrogens with one attached hydrogen (secondary N) is 1. The summed E-state index contributed by atoms with van der Waals surface area (Å²) in [6.07, 6.45) is 0.364. The molecule has 4 N–H and O–H groups in total. The minimum absolute atomic E-state index is 0.364. The van der Waals surface area contributed by atoms with Crippen LogP contribution in [0, 0.1) is 6.92 Å². The number of hydrogen-bond acceptors (Lipinski definition) is 5. The van der Waals surface area contributed by atoms with Crippen LogP contribution < -0.4 is 11.1 Å². The minimum Gasteiger partial charge on any atom is -0.480 e. The Labute approximate surface area is 104 Å². The summed E-state index contributed by atoms with van der Waals surface area (Å²) in [5, 5.41) is 11.7. The molecule has 0 aliphatic heterocycles. The van der Waals surface area contributed by atoms with Crippen molar-refractivity contribution in [2.24, 2.45) is 5.73 Å². The van der Waals surface area contributed by atoms with E-state index < -0.39 is 12.0 Å². The normalized spacial score (nSPS) is 12.6. The van der Waals surface area contributed by atoms with Crippen LogP contribution in [0.5, 0.6) is 0 Å². The molecule has 0 aliphatic rings. The number of nitrogens with zero attached hydrogens (tertiary/aromatic N) is 1. The Kier molecular flexibility index (Phi) is 3.47. The Morgan fingerprint density at radius 1 is 1.61 bits per heavy atom. The van der Waals surface area contributed by atoms with E-state index >= 15 is 0 Å². The van der Waals surface area contributed by atoms with E-state index in [1.54, 1.807) is 6.92 Å². The first-order valence-electron chi connectivity index (χ1n) is 5.66. The van der Waals surface area contributed by atoms with Crippen molar-refractivity contribution in [3.05, 3.63) is 24.1 Å². The van der Waals surface area contributed by atoms with Crippen molar-refractivity contribution in [2.45, 2.75) is 19.4 Å². The summed E-state index contributed by atoms with van der Waals surface area (Å²) in [6.45, 7) is 2.28. The molecule has 6 heteroatoms. The highest BCUT2D eigenvalue weighted by Crippen LogP contribution is 2.19. The third-order valence-corrected chi connectivity index (χ3v) is 2.60. The molecule has 6 nitrogen and oxygen atoms in total. The first kappa shape index (κ1) is 12.4. The molecule has 0 saturated carbocycles. The van der Waals surface area contributed by atoms with Crippen molar-refractivity contribution in [2.75, 3.05) is 11.9 Å². The van der Waals surface area contributed by atoms with Crippen LogP contribution in [0.3, 0.4) is 0 Å². The zero-order chi connectivity index (χ0) is 13.1. The second-order valence-electron chi connectivity index (χ2n) is 4.08. The number of rotatable bonds is 5. The van der Waals surface area contributed by atoms with Crippen molar-refractivity contribution in [1.29, 1.82) is 0 Å². The average Bonchev–Trinajstić information content (AvgIpc) is 2.68. The molecule has 1 atom stereocenters. The molecule has 18 heavy (non-hydrogen) atoms. The maximum Gasteiger partial charge on any atom is 0.320 e. The summed E-state index contributed by atoms with van der Waals surface area (Å²) < 4.78 is 5.40. The molecule has 0 aliphatic carbocycles. The van der Waals surface area contributed by atoms with E-state index in [0.717, 1.165) is 11.2 Å². The number of carboxylic acid groups (broad SMARTS) is 1. The largest absolute Gasteiger partial charge is 0.480 e. The van der Waals surface area contributed by atoms with Gasteiger partial charge >= 0.3 is 5.97 Å². The molecular formula is C12H15N3O3. The Balaban J connectivity index is 1.97. The van der Waals surface area contributed by atoms with Gasteiger partial charge in [0.15, 0.2) is 11.5 Å². The van der Waals surface area contributed by atoms with Gasteiger partial charge in [-0.1, -0.05) is 0 Å². The van der Waals surface area contributed by atoms with Gasteiger partial charge in [-0.15, -0.1) is 0 Å². The van der Waals surface area contributed by atoms with Crippen molar-refractivity contribution < 1.29 is 14.3 Å². The Morgan fingerprint density at radius 2 is 2.39 bits per heavy atom. The lowest BCUT2D eigenvalue weighted by molar-refractivity contribution is -0.138. The molecular weight excluding hydrogens is 234 g/mol. The zero-order valence-electron chi connectivity index (χ0n) is 10.0. The van der Waals surface area contributed by atoms with Crippen LogP contribution in [0.25, 0.3) is 11.1 Å². The third-order valence-electron chi connectivity index (χ3n) is 2.60. The van der Waals surface area contributed by atoms with Gasteiger partial charge in [0.25, 0.3) is 0 Å². The van der Waals surface area contributed by atoms with Gasteiger partial charge in [0, 0.05) is 25.2 Å². The summed E-state index contributed by atoms with van der Waals surface area (Å²) in [5.41, 5.74) is 7.78. The number of aliphatic carboxylic acids is 1. The molecule has 1 unspecified atom stereocenters.